The molecule has 0 amide bonds. The lowest BCUT2D eigenvalue weighted by molar-refractivity contribution is -0.395. The molecule has 0 radical (unpaired) electrons. The number of methoxy groups -OCH3 is 1. The number of hydrogen-bond acceptors (Lipinski definition) is 11. The maximum atomic E-state index is 11.7. The minimum Gasteiger partial charge on any atom is -0.469 e. The van der Waals surface area contributed by atoms with Crippen LogP contribution in [0.3, 0.4) is 0 Å². The van der Waals surface area contributed by atoms with Gasteiger partial charge in [0, 0.05) is 29.8 Å². The molecule has 0 spiro atoms. The number of nitro groups is 4. The van der Waals surface area contributed by atoms with Gasteiger partial charge in [-0.1, -0.05) is 20.8 Å². The number of carbonyl (C=O) groups is 1. The SMILES string of the molecule is CC.COC(=O)C(C)CCN=C1c2cc([N+](=O)[O-])cc([N+](=O)[O-])c2-c2c1cc([N+](=O)[O-])cc2[N+](=O)[O-]. The summed E-state index contributed by atoms with van der Waals surface area (Å²) >= 11 is 0. The number of nitrogens with zero attached hydrogens (tertiary/aromatic N) is 5. The fraction of sp³-hybridized carbons (Fsp3) is 0.333. The van der Waals surface area contributed by atoms with Crippen molar-refractivity contribution in [1.82, 2.24) is 0 Å². The maximum Gasteiger partial charge on any atom is 0.308 e. The van der Waals surface area contributed by atoms with Crippen LogP contribution in [-0.2, 0) is 9.53 Å². The van der Waals surface area contributed by atoms with Crippen molar-refractivity contribution in [1.29, 1.82) is 0 Å². The second-order valence-corrected chi connectivity index (χ2v) is 7.25. The van der Waals surface area contributed by atoms with Crippen LogP contribution in [0.25, 0.3) is 11.1 Å². The first kappa shape index (κ1) is 27.4. The van der Waals surface area contributed by atoms with Crippen molar-refractivity contribution in [2.24, 2.45) is 10.9 Å². The Morgan fingerprint density at radius 1 is 0.833 bits per heavy atom. The van der Waals surface area contributed by atoms with Crippen LogP contribution in [0.1, 0.15) is 38.3 Å². The molecule has 0 heterocycles. The van der Waals surface area contributed by atoms with Crippen LogP contribution >= 0.6 is 0 Å². The zero-order valence-corrected chi connectivity index (χ0v) is 19.6. The third-order valence-corrected chi connectivity index (χ3v) is 5.22. The Hall–Kier alpha value is -4.82. The van der Waals surface area contributed by atoms with E-state index in [-0.39, 0.29) is 40.9 Å². The highest BCUT2D eigenvalue weighted by molar-refractivity contribution is 6.27. The fourth-order valence-corrected chi connectivity index (χ4v) is 3.63. The van der Waals surface area contributed by atoms with Crippen molar-refractivity contribution >= 4 is 34.4 Å². The minimum absolute atomic E-state index is 0.0720. The molecule has 15 heteroatoms. The molecule has 0 N–H and O–H groups in total. The molecule has 2 aromatic rings. The molecule has 3 rings (SSSR count). The fourth-order valence-electron chi connectivity index (χ4n) is 3.63. The highest BCUT2D eigenvalue weighted by atomic mass is 16.6. The number of rotatable bonds is 8. The lowest BCUT2D eigenvalue weighted by atomic mass is 10.0. The molecule has 0 fully saturated rings. The van der Waals surface area contributed by atoms with Crippen LogP contribution in [0.15, 0.2) is 29.3 Å². The van der Waals surface area contributed by atoms with E-state index in [0.717, 1.165) is 12.1 Å². The molecule has 15 nitrogen and oxygen atoms in total. The molecular weight excluding hydrogens is 482 g/mol. The lowest BCUT2D eigenvalue weighted by Crippen LogP contribution is -2.14. The number of ether oxygens (including phenoxy) is 1. The van der Waals surface area contributed by atoms with E-state index in [2.05, 4.69) is 9.73 Å². The zero-order chi connectivity index (χ0) is 27.3. The van der Waals surface area contributed by atoms with Gasteiger partial charge in [-0.15, -0.1) is 0 Å². The summed E-state index contributed by atoms with van der Waals surface area (Å²) in [5, 5.41) is 46.2. The molecule has 0 saturated carbocycles. The van der Waals surface area contributed by atoms with Gasteiger partial charge in [0.1, 0.15) is 0 Å². The van der Waals surface area contributed by atoms with Gasteiger partial charge in [-0.2, -0.15) is 0 Å². The highest BCUT2D eigenvalue weighted by Gasteiger charge is 2.41. The molecule has 0 saturated heterocycles. The Bertz CT molecular complexity index is 1220. The number of carbonyl (C=O) groups excluding carboxylic acids is 1. The summed E-state index contributed by atoms with van der Waals surface area (Å²) in [6, 6.07) is 3.27. The number of fused-ring (bicyclic) bond motifs is 3. The first-order valence-electron chi connectivity index (χ1n) is 10.5. The van der Waals surface area contributed by atoms with Crippen LogP contribution in [0.2, 0.25) is 0 Å². The van der Waals surface area contributed by atoms with Crippen molar-refractivity contribution < 1.29 is 29.2 Å². The van der Waals surface area contributed by atoms with Crippen molar-refractivity contribution in [2.75, 3.05) is 13.7 Å². The van der Waals surface area contributed by atoms with E-state index in [1.165, 1.54) is 7.11 Å². The van der Waals surface area contributed by atoms with Gasteiger partial charge in [0.05, 0.1) is 61.7 Å². The molecule has 1 aliphatic rings. The Balaban J connectivity index is 0.00000222. The number of esters is 1. The predicted molar refractivity (Wildman–Crippen MR) is 126 cm³/mol. The maximum absolute atomic E-state index is 11.7. The molecule has 0 aliphatic heterocycles. The Labute approximate surface area is 203 Å². The van der Waals surface area contributed by atoms with Crippen LogP contribution < -0.4 is 0 Å². The van der Waals surface area contributed by atoms with Gasteiger partial charge >= 0.3 is 5.97 Å². The summed E-state index contributed by atoms with van der Waals surface area (Å²) in [6.45, 7) is 5.49. The van der Waals surface area contributed by atoms with Gasteiger partial charge in [0.15, 0.2) is 0 Å². The number of aliphatic imine (C=N–C) groups is 1. The lowest BCUT2D eigenvalue weighted by Gasteiger charge is -2.08. The van der Waals surface area contributed by atoms with Crippen molar-refractivity contribution in [3.63, 3.8) is 0 Å². The Morgan fingerprint density at radius 2 is 1.25 bits per heavy atom. The van der Waals surface area contributed by atoms with Crippen LogP contribution in [0, 0.1) is 46.4 Å². The third-order valence-electron chi connectivity index (χ3n) is 5.22. The predicted octanol–water partition coefficient (Wildman–Crippen LogP) is 4.36. The van der Waals surface area contributed by atoms with E-state index in [1.807, 2.05) is 13.8 Å². The normalized spacial score (nSPS) is 11.8. The monoisotopic (exact) mass is 503 g/mol. The molecule has 190 valence electrons. The van der Waals surface area contributed by atoms with Gasteiger partial charge in [-0.05, 0) is 6.42 Å². The van der Waals surface area contributed by atoms with Gasteiger partial charge < -0.3 is 4.74 Å². The Kier molecular flexibility index (Phi) is 8.43. The first-order valence-corrected chi connectivity index (χ1v) is 10.5. The minimum atomic E-state index is -0.928. The topological polar surface area (TPSA) is 211 Å². The smallest absolute Gasteiger partial charge is 0.308 e. The molecule has 2 aromatic carbocycles. The second kappa shape index (κ2) is 11.1. The molecular formula is C21H21N5O10. The van der Waals surface area contributed by atoms with Gasteiger partial charge in [-0.25, -0.2) is 0 Å². The van der Waals surface area contributed by atoms with E-state index in [9.17, 15) is 45.3 Å². The van der Waals surface area contributed by atoms with Gasteiger partial charge in [0.25, 0.3) is 22.7 Å². The van der Waals surface area contributed by atoms with E-state index in [1.54, 1.807) is 6.92 Å². The summed E-state index contributed by atoms with van der Waals surface area (Å²) < 4.78 is 4.63. The molecule has 1 unspecified atom stereocenters. The average molecular weight is 503 g/mol. The second-order valence-electron chi connectivity index (χ2n) is 7.25. The van der Waals surface area contributed by atoms with E-state index >= 15 is 0 Å². The van der Waals surface area contributed by atoms with E-state index in [4.69, 9.17) is 0 Å². The summed E-state index contributed by atoms with van der Waals surface area (Å²) in [5.74, 6) is -1.11. The van der Waals surface area contributed by atoms with Crippen LogP contribution in [0.5, 0.6) is 0 Å². The average Bonchev–Trinajstić information content (AvgIpc) is 3.16. The summed E-state index contributed by atoms with van der Waals surface area (Å²) in [7, 11) is 1.20. The molecule has 0 bridgehead atoms. The van der Waals surface area contributed by atoms with Crippen LogP contribution in [0.4, 0.5) is 22.7 Å². The van der Waals surface area contributed by atoms with Gasteiger partial charge in [-0.3, -0.25) is 50.2 Å². The number of hydrogen-bond donors (Lipinski definition) is 0. The first-order chi connectivity index (χ1) is 17.0. The van der Waals surface area contributed by atoms with Gasteiger partial charge in [0.2, 0.25) is 0 Å². The summed E-state index contributed by atoms with van der Waals surface area (Å²) in [4.78, 5) is 58.6. The van der Waals surface area contributed by atoms with Crippen LogP contribution in [-0.4, -0.2) is 45.0 Å². The highest BCUT2D eigenvalue weighted by Crippen LogP contribution is 2.50. The van der Waals surface area contributed by atoms with E-state index < -0.39 is 54.3 Å². The molecule has 1 atom stereocenters. The number of benzene rings is 2. The van der Waals surface area contributed by atoms with Crippen molar-refractivity contribution in [3.8, 4) is 11.1 Å². The number of non-ortho nitro benzene ring substituents is 2. The van der Waals surface area contributed by atoms with Crippen molar-refractivity contribution in [2.45, 2.75) is 27.2 Å². The summed E-state index contributed by atoms with van der Waals surface area (Å²) in [6.07, 6.45) is 0.148. The standard InChI is InChI=1S/C19H15N5O10.C2H6/c1-9(19(25)34-2)3-4-20-18-12-5-10(21(26)27)7-14(23(30)31)16(12)17-13(18)6-11(22(28)29)8-15(17)24(32)33;1-2/h5-9H,3-4H2,1-2H3;1-2H3. The third kappa shape index (κ3) is 5.13. The quantitative estimate of drug-likeness (QED) is 0.240. The zero-order valence-electron chi connectivity index (χ0n) is 19.6. The largest absolute Gasteiger partial charge is 0.469 e. The Morgan fingerprint density at radius 3 is 1.58 bits per heavy atom. The number of nitro benzene ring substituents is 4. The molecule has 0 aromatic heterocycles. The molecule has 36 heavy (non-hydrogen) atoms. The van der Waals surface area contributed by atoms with Crippen molar-refractivity contribution in [3.05, 3.63) is 75.8 Å². The van der Waals surface area contributed by atoms with E-state index in [0.29, 0.717) is 12.1 Å². The molecule has 1 aliphatic carbocycles. The summed E-state index contributed by atoms with van der Waals surface area (Å²) in [5.41, 5.74) is -3.90.